The summed E-state index contributed by atoms with van der Waals surface area (Å²) in [5.74, 6) is 0. The molecule has 34 heavy (non-hydrogen) atoms. The van der Waals surface area contributed by atoms with Gasteiger partial charge in [-0.25, -0.2) is 0 Å². The van der Waals surface area contributed by atoms with Crippen molar-refractivity contribution < 1.29 is 0 Å². The van der Waals surface area contributed by atoms with E-state index in [0.29, 0.717) is 0 Å². The van der Waals surface area contributed by atoms with E-state index in [9.17, 15) is 0 Å². The summed E-state index contributed by atoms with van der Waals surface area (Å²) in [7, 11) is -2.70. The number of halogens is 3. The maximum Gasteiger partial charge on any atom is 0.107 e. The fraction of sp³-hybridized carbons (Fsp3) is 0.704. The summed E-state index contributed by atoms with van der Waals surface area (Å²) in [6, 6.07) is 9.28. The van der Waals surface area contributed by atoms with Gasteiger partial charge in [0.1, 0.15) is 16.1 Å². The molecule has 0 unspecified atom stereocenters. The number of rotatable bonds is 8. The third kappa shape index (κ3) is 8.51. The monoisotopic (exact) mass is 876 g/mol. The Morgan fingerprint density at radius 2 is 0.941 bits per heavy atom. The molecule has 0 fully saturated rings. The summed E-state index contributed by atoms with van der Waals surface area (Å²) in [4.78, 5) is 0. The van der Waals surface area contributed by atoms with Gasteiger partial charge >= 0.3 is 0 Å². The van der Waals surface area contributed by atoms with Crippen LogP contribution in [0.2, 0.25) is 33.2 Å². The van der Waals surface area contributed by atoms with Crippen LogP contribution in [0.25, 0.3) is 0 Å². The Bertz CT molecular complexity index is 723. The van der Waals surface area contributed by atoms with Crippen LogP contribution in [-0.2, 0) is 0 Å². The third-order valence-electron chi connectivity index (χ3n) is 7.68. The van der Waals surface area contributed by atoms with Crippen LogP contribution in [0.15, 0.2) is 29.6 Å². The van der Waals surface area contributed by atoms with Crippen molar-refractivity contribution in [1.29, 1.82) is 0 Å². The first kappa shape index (κ1) is 38.2. The Morgan fingerprint density at radius 3 is 1.18 bits per heavy atom. The molecule has 2 rings (SSSR count). The zero-order chi connectivity index (χ0) is 26.1. The van der Waals surface area contributed by atoms with E-state index in [-0.39, 0.29) is 7.43 Å². The average Bonchev–Trinajstić information content (AvgIpc) is 3.36. The lowest BCUT2D eigenvalue weighted by Gasteiger charge is -2.42. The fourth-order valence-electron chi connectivity index (χ4n) is 6.78. The molecule has 2 heterocycles. The van der Waals surface area contributed by atoms with Gasteiger partial charge in [-0.2, -0.15) is 11.3 Å². The number of hydrogen-bond donors (Lipinski definition) is 0. The lowest BCUT2D eigenvalue weighted by molar-refractivity contribution is 0.837. The molecule has 0 atom stereocenters. The van der Waals surface area contributed by atoms with E-state index in [4.69, 9.17) is 0 Å². The van der Waals surface area contributed by atoms with Crippen molar-refractivity contribution in [3.8, 4) is 0 Å². The topological polar surface area (TPSA) is 0 Å². The van der Waals surface area contributed by atoms with Gasteiger partial charge in [-0.15, -0.1) is 11.3 Å². The Balaban J connectivity index is 0. The fourth-order valence-corrected chi connectivity index (χ4v) is 27.7. The second-order valence-corrected chi connectivity index (χ2v) is 27.3. The Kier molecular flexibility index (Phi) is 19.7. The predicted octanol–water partition coefficient (Wildman–Crippen LogP) is 12.3. The first-order valence-corrected chi connectivity index (χ1v) is 25.7. The van der Waals surface area contributed by atoms with Gasteiger partial charge in [-0.3, -0.25) is 0 Å². The van der Waals surface area contributed by atoms with Crippen molar-refractivity contribution >= 4 is 108 Å². The van der Waals surface area contributed by atoms with Gasteiger partial charge in [-0.1, -0.05) is 109 Å². The molecule has 0 amide bonds. The molecule has 0 aromatic carbocycles. The molecule has 0 radical (unpaired) electrons. The van der Waals surface area contributed by atoms with E-state index >= 15 is 0 Å². The van der Waals surface area contributed by atoms with Gasteiger partial charge in [0.05, 0.1) is 2.88 Å². The maximum atomic E-state index is 2.45. The number of hydrogen-bond acceptors (Lipinski definition) is 2. The third-order valence-corrected chi connectivity index (χ3v) is 26.4. The minimum Gasteiger partial charge on any atom is -0.154 e. The van der Waals surface area contributed by atoms with Gasteiger partial charge in [0.2, 0.25) is 0 Å². The van der Waals surface area contributed by atoms with E-state index < -0.39 is 16.1 Å². The Labute approximate surface area is 260 Å². The highest BCUT2D eigenvalue weighted by Gasteiger charge is 2.46. The molecule has 0 spiro atoms. The molecule has 0 aliphatic carbocycles. The minimum atomic E-state index is -1.37. The average molecular weight is 877 g/mol. The summed E-state index contributed by atoms with van der Waals surface area (Å²) in [6.45, 7) is 29.1. The van der Waals surface area contributed by atoms with Crippen LogP contribution in [0.5, 0.6) is 0 Å². The van der Waals surface area contributed by atoms with E-state index in [2.05, 4.69) is 173 Å². The van der Waals surface area contributed by atoms with E-state index in [1.807, 2.05) is 22.7 Å². The van der Waals surface area contributed by atoms with Crippen LogP contribution in [0, 0.1) is 2.88 Å². The van der Waals surface area contributed by atoms with Crippen molar-refractivity contribution in [1.82, 2.24) is 0 Å². The summed E-state index contributed by atoms with van der Waals surface area (Å²) in [5.41, 5.74) is 4.95. The largest absolute Gasteiger partial charge is 0.154 e. The molecule has 0 aliphatic rings. The van der Waals surface area contributed by atoms with Crippen molar-refractivity contribution in [3.05, 3.63) is 32.5 Å². The highest BCUT2D eigenvalue weighted by Crippen LogP contribution is 2.43. The van der Waals surface area contributed by atoms with Crippen LogP contribution in [-0.4, -0.2) is 16.1 Å². The quantitative estimate of drug-likeness (QED) is 0.183. The van der Waals surface area contributed by atoms with E-state index in [1.165, 1.54) is 2.88 Å². The Morgan fingerprint density at radius 1 is 0.588 bits per heavy atom. The van der Waals surface area contributed by atoms with Crippen LogP contribution in [0.1, 0.15) is 90.5 Å². The van der Waals surface area contributed by atoms with Crippen LogP contribution < -0.4 is 9.00 Å². The normalized spacial score (nSPS) is 12.1. The second-order valence-electron chi connectivity index (χ2n) is 10.9. The SMILES string of the molecule is C.CC(C)[Si](c1ccc(I)s1)(C(C)C)C(C)C.CC(C)[Si](c1cccs1)(C(C)C)C(C)C.II. The highest BCUT2D eigenvalue weighted by molar-refractivity contribution is 15.0. The molecule has 0 bridgehead atoms. The molecule has 0 nitrogen and oxygen atoms in total. The first-order valence-electron chi connectivity index (χ1n) is 12.2. The van der Waals surface area contributed by atoms with Gasteiger partial charge < -0.3 is 0 Å². The van der Waals surface area contributed by atoms with Crippen LogP contribution in [0.3, 0.4) is 0 Å². The molecular formula is C27H51I3S2Si2. The van der Waals surface area contributed by atoms with Crippen molar-refractivity contribution in [3.63, 3.8) is 0 Å². The maximum absolute atomic E-state index is 2.45. The summed E-state index contributed by atoms with van der Waals surface area (Å²) < 4.78 is 4.84. The van der Waals surface area contributed by atoms with Crippen molar-refractivity contribution in [2.24, 2.45) is 0 Å². The van der Waals surface area contributed by atoms with Gasteiger partial charge in [0.25, 0.3) is 0 Å². The van der Waals surface area contributed by atoms with Crippen molar-refractivity contribution in [2.75, 3.05) is 0 Å². The van der Waals surface area contributed by atoms with Crippen molar-refractivity contribution in [2.45, 2.75) is 124 Å². The van der Waals surface area contributed by atoms with E-state index in [0.717, 1.165) is 33.2 Å². The molecule has 2 aromatic rings. The number of thiophene rings is 2. The predicted molar refractivity (Wildman–Crippen MR) is 197 cm³/mol. The van der Waals surface area contributed by atoms with E-state index in [1.54, 1.807) is 9.00 Å². The standard InChI is InChI=1S/C13H23ISSi.C13H24SSi.CH4.I2/c1-9(2)16(10(3)4,11(5)6)13-8-7-12(14)15-13;1-10(2)15(11(3)4,12(5)6)13-8-7-9-14-13;;1-2/h7-11H,1-6H3;7-12H,1-6H3;1H4;. The molecule has 0 aliphatic heterocycles. The van der Waals surface area contributed by atoms with Gasteiger partial charge in [0.15, 0.2) is 0 Å². The smallest absolute Gasteiger partial charge is 0.107 e. The van der Waals surface area contributed by atoms with Gasteiger partial charge in [-0.05, 0) is 76.3 Å². The van der Waals surface area contributed by atoms with Crippen LogP contribution >= 0.6 is 82.5 Å². The minimum absolute atomic E-state index is 0. The summed E-state index contributed by atoms with van der Waals surface area (Å²) >= 11 is 10.7. The lowest BCUT2D eigenvalue weighted by Crippen LogP contribution is -2.54. The highest BCUT2D eigenvalue weighted by atomic mass is 128. The summed E-state index contributed by atoms with van der Waals surface area (Å²) in [6.07, 6.45) is 0. The molecule has 0 saturated carbocycles. The molecule has 200 valence electrons. The molecule has 7 heteroatoms. The first-order chi connectivity index (χ1) is 15.3. The summed E-state index contributed by atoms with van der Waals surface area (Å²) in [5, 5.41) is 2.24. The second kappa shape index (κ2) is 17.6. The van der Waals surface area contributed by atoms with Crippen LogP contribution in [0.4, 0.5) is 0 Å². The molecular weight excluding hydrogens is 825 g/mol. The zero-order valence-electron chi connectivity index (χ0n) is 22.8. The lowest BCUT2D eigenvalue weighted by atomic mass is 10.5. The Hall–Kier alpha value is 2.02. The molecule has 0 saturated heterocycles. The van der Waals surface area contributed by atoms with Gasteiger partial charge in [0, 0.05) is 37.2 Å². The molecule has 2 aromatic heterocycles. The zero-order valence-corrected chi connectivity index (χ0v) is 32.9. The molecule has 0 N–H and O–H groups in total.